The molecule has 0 aromatic heterocycles. The summed E-state index contributed by atoms with van der Waals surface area (Å²) in [6.07, 6.45) is 2.51. The molecule has 1 nitrogen and oxygen atoms in total. The summed E-state index contributed by atoms with van der Waals surface area (Å²) < 4.78 is 0. The van der Waals surface area contributed by atoms with E-state index in [-0.39, 0.29) is 0 Å². The maximum absolute atomic E-state index is 3.62. The molecule has 0 aliphatic rings. The summed E-state index contributed by atoms with van der Waals surface area (Å²) in [6.45, 7) is 14.9. The lowest BCUT2D eigenvalue weighted by Crippen LogP contribution is -2.38. The molecule has 80 valence electrons. The maximum atomic E-state index is 3.62. The molecule has 0 aliphatic carbocycles. The lowest BCUT2D eigenvalue weighted by Gasteiger charge is -2.28. The highest BCUT2D eigenvalue weighted by atomic mass is 14.9. The van der Waals surface area contributed by atoms with Crippen LogP contribution in [0.3, 0.4) is 0 Å². The van der Waals surface area contributed by atoms with Crippen LogP contribution in [0.1, 0.15) is 54.4 Å². The monoisotopic (exact) mass is 185 g/mol. The van der Waals surface area contributed by atoms with Crippen LogP contribution in [0, 0.1) is 11.3 Å². The standard InChI is InChI=1S/C12H27N/c1-7-10(3)11(4)13-9-12(5,6)8-2/h10-11,13H,7-9H2,1-6H3. The van der Waals surface area contributed by atoms with E-state index < -0.39 is 0 Å². The number of hydrogen-bond donors (Lipinski definition) is 1. The van der Waals surface area contributed by atoms with Crippen LogP contribution in [0.5, 0.6) is 0 Å². The highest BCUT2D eigenvalue weighted by Gasteiger charge is 2.17. The number of rotatable bonds is 6. The molecule has 0 saturated heterocycles. The molecular formula is C12H27N. The van der Waals surface area contributed by atoms with Gasteiger partial charge in [-0.15, -0.1) is 0 Å². The molecule has 2 atom stereocenters. The second-order valence-corrected chi connectivity index (χ2v) is 5.07. The fourth-order valence-electron chi connectivity index (χ4n) is 1.12. The third-order valence-electron chi connectivity index (χ3n) is 3.36. The summed E-state index contributed by atoms with van der Waals surface area (Å²) in [6, 6.07) is 0.649. The molecule has 0 aromatic rings. The largest absolute Gasteiger partial charge is 0.313 e. The molecule has 13 heavy (non-hydrogen) atoms. The van der Waals surface area contributed by atoms with Gasteiger partial charge in [0.2, 0.25) is 0 Å². The molecule has 0 heterocycles. The van der Waals surface area contributed by atoms with Crippen molar-refractivity contribution in [1.82, 2.24) is 5.32 Å². The van der Waals surface area contributed by atoms with Crippen molar-refractivity contribution in [3.63, 3.8) is 0 Å². The van der Waals surface area contributed by atoms with Crippen molar-refractivity contribution < 1.29 is 0 Å². The first-order chi connectivity index (χ1) is 5.93. The van der Waals surface area contributed by atoms with Gasteiger partial charge in [-0.1, -0.05) is 41.0 Å². The molecule has 0 aromatic carbocycles. The lowest BCUT2D eigenvalue weighted by molar-refractivity contribution is 0.285. The van der Waals surface area contributed by atoms with E-state index in [0.29, 0.717) is 11.5 Å². The Labute approximate surface area is 84.3 Å². The summed E-state index contributed by atoms with van der Waals surface area (Å²) in [5.41, 5.74) is 0.446. The Hall–Kier alpha value is -0.0400. The molecule has 0 aliphatic heterocycles. The molecule has 0 amide bonds. The summed E-state index contributed by atoms with van der Waals surface area (Å²) in [7, 11) is 0. The first-order valence-electron chi connectivity index (χ1n) is 5.66. The summed E-state index contributed by atoms with van der Waals surface area (Å²) >= 11 is 0. The second kappa shape index (κ2) is 5.64. The fourth-order valence-corrected chi connectivity index (χ4v) is 1.12. The van der Waals surface area contributed by atoms with Crippen LogP contribution in [0.15, 0.2) is 0 Å². The molecule has 0 fully saturated rings. The van der Waals surface area contributed by atoms with Crippen molar-refractivity contribution in [1.29, 1.82) is 0 Å². The Bertz CT molecular complexity index is 129. The van der Waals surface area contributed by atoms with E-state index in [9.17, 15) is 0 Å². The van der Waals surface area contributed by atoms with E-state index >= 15 is 0 Å². The van der Waals surface area contributed by atoms with Crippen LogP contribution in [0.2, 0.25) is 0 Å². The van der Waals surface area contributed by atoms with Crippen molar-refractivity contribution in [3.8, 4) is 0 Å². The maximum Gasteiger partial charge on any atom is 0.00644 e. The molecule has 0 rings (SSSR count). The van der Waals surface area contributed by atoms with Gasteiger partial charge in [0.15, 0.2) is 0 Å². The zero-order chi connectivity index (χ0) is 10.5. The zero-order valence-corrected chi connectivity index (χ0v) is 10.3. The van der Waals surface area contributed by atoms with E-state index in [1.807, 2.05) is 0 Å². The second-order valence-electron chi connectivity index (χ2n) is 5.07. The average molecular weight is 185 g/mol. The van der Waals surface area contributed by atoms with Gasteiger partial charge in [-0.25, -0.2) is 0 Å². The minimum atomic E-state index is 0.446. The first kappa shape index (κ1) is 13.0. The van der Waals surface area contributed by atoms with E-state index in [0.717, 1.165) is 12.5 Å². The zero-order valence-electron chi connectivity index (χ0n) is 10.3. The van der Waals surface area contributed by atoms with Gasteiger partial charge in [-0.2, -0.15) is 0 Å². The topological polar surface area (TPSA) is 12.0 Å². The van der Waals surface area contributed by atoms with E-state index in [2.05, 4.69) is 46.9 Å². The Morgan fingerprint density at radius 3 is 2.08 bits per heavy atom. The highest BCUT2D eigenvalue weighted by Crippen LogP contribution is 2.18. The van der Waals surface area contributed by atoms with Gasteiger partial charge in [0, 0.05) is 12.6 Å². The predicted octanol–water partition coefficient (Wildman–Crippen LogP) is 3.45. The molecule has 1 N–H and O–H groups in total. The molecule has 0 saturated carbocycles. The van der Waals surface area contributed by atoms with Crippen molar-refractivity contribution in [2.75, 3.05) is 6.54 Å². The summed E-state index contributed by atoms with van der Waals surface area (Å²) in [4.78, 5) is 0. The van der Waals surface area contributed by atoms with Crippen LogP contribution in [0.25, 0.3) is 0 Å². The van der Waals surface area contributed by atoms with Crippen LogP contribution in [0.4, 0.5) is 0 Å². The van der Waals surface area contributed by atoms with Crippen molar-refractivity contribution in [2.24, 2.45) is 11.3 Å². The van der Waals surface area contributed by atoms with Gasteiger partial charge in [0.1, 0.15) is 0 Å². The van der Waals surface area contributed by atoms with E-state index in [4.69, 9.17) is 0 Å². The van der Waals surface area contributed by atoms with Crippen LogP contribution in [-0.2, 0) is 0 Å². The Balaban J connectivity index is 3.75. The van der Waals surface area contributed by atoms with Crippen molar-refractivity contribution >= 4 is 0 Å². The van der Waals surface area contributed by atoms with Crippen molar-refractivity contribution in [3.05, 3.63) is 0 Å². The van der Waals surface area contributed by atoms with Gasteiger partial charge in [0.05, 0.1) is 0 Å². The SMILES string of the molecule is CCC(C)C(C)NCC(C)(C)CC. The fraction of sp³-hybridized carbons (Fsp3) is 1.00. The Morgan fingerprint density at radius 2 is 1.69 bits per heavy atom. The molecule has 0 spiro atoms. The van der Waals surface area contributed by atoms with Gasteiger partial charge in [-0.05, 0) is 24.7 Å². The Kier molecular flexibility index (Phi) is 5.62. The quantitative estimate of drug-likeness (QED) is 0.668. The lowest BCUT2D eigenvalue weighted by atomic mass is 9.89. The summed E-state index contributed by atoms with van der Waals surface area (Å²) in [5.74, 6) is 0.785. The van der Waals surface area contributed by atoms with Gasteiger partial charge in [-0.3, -0.25) is 0 Å². The third kappa shape index (κ3) is 5.30. The molecule has 2 unspecified atom stereocenters. The van der Waals surface area contributed by atoms with Gasteiger partial charge < -0.3 is 5.32 Å². The normalized spacial score (nSPS) is 17.1. The van der Waals surface area contributed by atoms with E-state index in [1.165, 1.54) is 12.8 Å². The molecular weight excluding hydrogens is 158 g/mol. The van der Waals surface area contributed by atoms with Crippen LogP contribution in [-0.4, -0.2) is 12.6 Å². The van der Waals surface area contributed by atoms with Gasteiger partial charge >= 0.3 is 0 Å². The summed E-state index contributed by atoms with van der Waals surface area (Å²) in [5, 5.41) is 3.62. The Morgan fingerprint density at radius 1 is 1.15 bits per heavy atom. The van der Waals surface area contributed by atoms with E-state index in [1.54, 1.807) is 0 Å². The van der Waals surface area contributed by atoms with Crippen LogP contribution < -0.4 is 5.32 Å². The third-order valence-corrected chi connectivity index (χ3v) is 3.36. The molecule has 1 heteroatoms. The van der Waals surface area contributed by atoms with Gasteiger partial charge in [0.25, 0.3) is 0 Å². The minimum absolute atomic E-state index is 0.446. The first-order valence-corrected chi connectivity index (χ1v) is 5.66. The highest BCUT2D eigenvalue weighted by molar-refractivity contribution is 4.74. The molecule has 0 radical (unpaired) electrons. The van der Waals surface area contributed by atoms with Crippen molar-refractivity contribution in [2.45, 2.75) is 60.4 Å². The number of hydrogen-bond acceptors (Lipinski definition) is 1. The van der Waals surface area contributed by atoms with Crippen LogP contribution >= 0.6 is 0 Å². The predicted molar refractivity (Wildman–Crippen MR) is 61.0 cm³/mol. The number of nitrogens with one attached hydrogen (secondary N) is 1. The smallest absolute Gasteiger partial charge is 0.00644 e. The molecule has 0 bridgehead atoms. The minimum Gasteiger partial charge on any atom is -0.313 e. The average Bonchev–Trinajstić information content (AvgIpc) is 2.13.